The van der Waals surface area contributed by atoms with Crippen LogP contribution in [0.2, 0.25) is 0 Å². The van der Waals surface area contributed by atoms with Gasteiger partial charge < -0.3 is 10.4 Å². The normalized spacial score (nSPS) is 20.1. The van der Waals surface area contributed by atoms with Crippen LogP contribution in [0.1, 0.15) is 24.6 Å². The molecule has 1 fully saturated rings. The van der Waals surface area contributed by atoms with E-state index >= 15 is 0 Å². The fourth-order valence-corrected chi connectivity index (χ4v) is 4.16. The number of rotatable bonds is 8. The van der Waals surface area contributed by atoms with Crippen LogP contribution in [0.15, 0.2) is 42.5 Å². The fraction of sp³-hybridized carbons (Fsp3) is 0.421. The highest BCUT2D eigenvalue weighted by Crippen LogP contribution is 2.29. The maximum atomic E-state index is 10.9. The minimum absolute atomic E-state index is 0.152. The van der Waals surface area contributed by atoms with Gasteiger partial charge in [0.2, 0.25) is 0 Å². The van der Waals surface area contributed by atoms with Gasteiger partial charge in [0.05, 0.1) is 6.54 Å². The van der Waals surface area contributed by atoms with Gasteiger partial charge in [-0.1, -0.05) is 37.3 Å². The number of carbonyl (C=O) groups is 1. The number of nitrogens with zero attached hydrogens (tertiary/aromatic N) is 1. The van der Waals surface area contributed by atoms with E-state index in [1.807, 2.05) is 24.3 Å². The number of thiophene rings is 1. The van der Waals surface area contributed by atoms with Crippen molar-refractivity contribution in [2.45, 2.75) is 38.4 Å². The van der Waals surface area contributed by atoms with Crippen molar-refractivity contribution in [2.24, 2.45) is 0 Å². The van der Waals surface area contributed by atoms with Crippen LogP contribution in [-0.4, -0.2) is 41.1 Å². The molecular weight excluding hydrogens is 320 g/mol. The van der Waals surface area contributed by atoms with Gasteiger partial charge in [-0.15, -0.1) is 11.3 Å². The monoisotopic (exact) mass is 344 g/mol. The quantitative estimate of drug-likeness (QED) is 0.770. The molecule has 0 aliphatic heterocycles. The van der Waals surface area contributed by atoms with Crippen LogP contribution in [0.4, 0.5) is 0 Å². The van der Waals surface area contributed by atoms with Gasteiger partial charge in [0.25, 0.3) is 0 Å². The van der Waals surface area contributed by atoms with E-state index in [9.17, 15) is 4.79 Å². The van der Waals surface area contributed by atoms with E-state index in [2.05, 4.69) is 46.6 Å². The first kappa shape index (κ1) is 17.1. The Kier molecular flexibility index (Phi) is 5.66. The Morgan fingerprint density at radius 2 is 2.00 bits per heavy atom. The molecule has 1 aromatic carbocycles. The Morgan fingerprint density at radius 1 is 1.25 bits per heavy atom. The summed E-state index contributed by atoms with van der Waals surface area (Å²) in [6.45, 7) is 3.87. The first-order valence-corrected chi connectivity index (χ1v) is 9.30. The van der Waals surface area contributed by atoms with Gasteiger partial charge in [-0.3, -0.25) is 9.69 Å². The Bertz CT molecular complexity index is 665. The lowest BCUT2D eigenvalue weighted by atomic mass is 9.85. The molecule has 0 spiro atoms. The molecule has 1 heterocycles. The van der Waals surface area contributed by atoms with Gasteiger partial charge >= 0.3 is 5.97 Å². The van der Waals surface area contributed by atoms with E-state index in [1.165, 1.54) is 15.3 Å². The maximum absolute atomic E-state index is 10.9. The minimum atomic E-state index is -0.736. The largest absolute Gasteiger partial charge is 0.480 e. The fourth-order valence-electron chi connectivity index (χ4n) is 3.20. The molecule has 128 valence electrons. The van der Waals surface area contributed by atoms with Crippen molar-refractivity contribution in [1.82, 2.24) is 10.2 Å². The van der Waals surface area contributed by atoms with Crippen molar-refractivity contribution in [2.75, 3.05) is 13.1 Å². The third kappa shape index (κ3) is 4.23. The van der Waals surface area contributed by atoms with Gasteiger partial charge in [-0.25, -0.2) is 0 Å². The molecule has 5 heteroatoms. The molecule has 4 nitrogen and oxygen atoms in total. The van der Waals surface area contributed by atoms with Crippen molar-refractivity contribution in [3.8, 4) is 10.4 Å². The summed E-state index contributed by atoms with van der Waals surface area (Å²) in [5.41, 5.74) is 1.27. The van der Waals surface area contributed by atoms with Crippen LogP contribution in [0.5, 0.6) is 0 Å². The summed E-state index contributed by atoms with van der Waals surface area (Å²) in [6, 6.07) is 15.7. The highest BCUT2D eigenvalue weighted by atomic mass is 32.1. The average Bonchev–Trinajstić information content (AvgIpc) is 3.01. The number of aliphatic carboxylic acids is 1. The summed E-state index contributed by atoms with van der Waals surface area (Å²) in [4.78, 5) is 15.6. The SMILES string of the molecule is CCN(CC(=O)O)C1CC(NCc2ccc(-c3ccccc3)s2)C1. The van der Waals surface area contributed by atoms with Gasteiger partial charge in [0.1, 0.15) is 0 Å². The Labute approximate surface area is 147 Å². The highest BCUT2D eigenvalue weighted by molar-refractivity contribution is 7.15. The number of benzene rings is 1. The van der Waals surface area contributed by atoms with E-state index in [4.69, 9.17) is 5.11 Å². The summed E-state index contributed by atoms with van der Waals surface area (Å²) in [7, 11) is 0. The van der Waals surface area contributed by atoms with Crippen molar-refractivity contribution in [1.29, 1.82) is 0 Å². The van der Waals surface area contributed by atoms with E-state index in [0.29, 0.717) is 12.1 Å². The average molecular weight is 344 g/mol. The Hall–Kier alpha value is -1.69. The summed E-state index contributed by atoms with van der Waals surface area (Å²) in [6.07, 6.45) is 2.08. The van der Waals surface area contributed by atoms with Crippen LogP contribution in [0, 0.1) is 0 Å². The van der Waals surface area contributed by atoms with E-state index in [1.54, 1.807) is 0 Å². The molecule has 0 saturated heterocycles. The zero-order valence-corrected chi connectivity index (χ0v) is 14.8. The third-order valence-electron chi connectivity index (χ3n) is 4.66. The maximum Gasteiger partial charge on any atom is 0.317 e. The smallest absolute Gasteiger partial charge is 0.317 e. The van der Waals surface area contributed by atoms with Crippen LogP contribution in [0.25, 0.3) is 10.4 Å². The molecule has 2 N–H and O–H groups in total. The standard InChI is InChI=1S/C19H24N2O2S/c1-2-21(13-19(22)23)16-10-15(11-16)20-12-17-8-9-18(24-17)14-6-4-3-5-7-14/h3-9,15-16,20H,2,10-13H2,1H3,(H,22,23). The number of nitrogens with one attached hydrogen (secondary N) is 1. The molecule has 0 radical (unpaired) electrons. The molecule has 0 unspecified atom stereocenters. The van der Waals surface area contributed by atoms with E-state index in [0.717, 1.165) is 25.9 Å². The molecule has 3 rings (SSSR count). The van der Waals surface area contributed by atoms with Gasteiger partial charge in [-0.2, -0.15) is 0 Å². The van der Waals surface area contributed by atoms with Crippen LogP contribution in [-0.2, 0) is 11.3 Å². The Morgan fingerprint density at radius 3 is 2.67 bits per heavy atom. The zero-order valence-electron chi connectivity index (χ0n) is 13.9. The summed E-state index contributed by atoms with van der Waals surface area (Å²) in [5, 5.41) is 12.5. The number of carboxylic acid groups (broad SMARTS) is 1. The molecule has 24 heavy (non-hydrogen) atoms. The topological polar surface area (TPSA) is 52.6 Å². The van der Waals surface area contributed by atoms with E-state index in [-0.39, 0.29) is 6.54 Å². The van der Waals surface area contributed by atoms with Crippen molar-refractivity contribution >= 4 is 17.3 Å². The molecule has 0 bridgehead atoms. The Balaban J connectivity index is 1.45. The predicted octanol–water partition coefficient (Wildman–Crippen LogP) is 3.44. The number of hydrogen-bond acceptors (Lipinski definition) is 4. The van der Waals surface area contributed by atoms with Crippen molar-refractivity contribution in [3.05, 3.63) is 47.3 Å². The van der Waals surface area contributed by atoms with Gasteiger partial charge in [0.15, 0.2) is 0 Å². The second-order valence-electron chi connectivity index (χ2n) is 6.29. The molecule has 1 aromatic heterocycles. The second-order valence-corrected chi connectivity index (χ2v) is 7.46. The van der Waals surface area contributed by atoms with Crippen molar-refractivity contribution in [3.63, 3.8) is 0 Å². The second kappa shape index (κ2) is 7.92. The summed E-state index contributed by atoms with van der Waals surface area (Å²) >= 11 is 1.83. The third-order valence-corrected chi connectivity index (χ3v) is 5.79. The zero-order chi connectivity index (χ0) is 16.9. The van der Waals surface area contributed by atoms with Gasteiger partial charge in [-0.05, 0) is 37.1 Å². The van der Waals surface area contributed by atoms with E-state index < -0.39 is 5.97 Å². The lowest BCUT2D eigenvalue weighted by molar-refractivity contribution is -0.139. The van der Waals surface area contributed by atoms with Crippen LogP contribution >= 0.6 is 11.3 Å². The number of carboxylic acids is 1. The van der Waals surface area contributed by atoms with Crippen LogP contribution < -0.4 is 5.32 Å². The number of likely N-dealkylation sites (N-methyl/N-ethyl adjacent to an activating group) is 1. The highest BCUT2D eigenvalue weighted by Gasteiger charge is 2.33. The van der Waals surface area contributed by atoms with Crippen molar-refractivity contribution < 1.29 is 9.90 Å². The summed E-state index contributed by atoms with van der Waals surface area (Å²) in [5.74, 6) is -0.736. The lowest BCUT2D eigenvalue weighted by Crippen LogP contribution is -2.53. The van der Waals surface area contributed by atoms with Crippen LogP contribution in [0.3, 0.4) is 0 Å². The first-order chi connectivity index (χ1) is 11.7. The van der Waals surface area contributed by atoms with Gasteiger partial charge in [0, 0.05) is 28.4 Å². The number of hydrogen-bond donors (Lipinski definition) is 2. The molecular formula is C19H24N2O2S. The minimum Gasteiger partial charge on any atom is -0.480 e. The predicted molar refractivity (Wildman–Crippen MR) is 98.3 cm³/mol. The lowest BCUT2D eigenvalue weighted by Gasteiger charge is -2.42. The molecule has 0 amide bonds. The molecule has 1 saturated carbocycles. The molecule has 0 atom stereocenters. The molecule has 2 aromatic rings. The molecule has 1 aliphatic rings. The summed E-state index contributed by atoms with van der Waals surface area (Å²) < 4.78 is 0. The first-order valence-electron chi connectivity index (χ1n) is 8.49. The molecule has 1 aliphatic carbocycles.